The number of carbonyl (C=O) groups is 1. The van der Waals surface area contributed by atoms with E-state index in [1.54, 1.807) is 18.4 Å². The first-order chi connectivity index (χ1) is 11.3. The lowest BCUT2D eigenvalue weighted by molar-refractivity contribution is -0.116. The maximum atomic E-state index is 11.9. The van der Waals surface area contributed by atoms with Gasteiger partial charge < -0.3 is 19.7 Å². The Kier molecular flexibility index (Phi) is 5.43. The quantitative estimate of drug-likeness (QED) is 0.822. The van der Waals surface area contributed by atoms with Gasteiger partial charge in [-0.3, -0.25) is 4.79 Å². The molecule has 2 aromatic rings. The van der Waals surface area contributed by atoms with Gasteiger partial charge in [-0.25, -0.2) is 4.98 Å². The predicted molar refractivity (Wildman–Crippen MR) is 92.4 cm³/mol. The maximum Gasteiger partial charge on any atom is 0.224 e. The summed E-state index contributed by atoms with van der Waals surface area (Å²) in [4.78, 5) is 18.8. The standard InChI is InChI=1S/C16H21N3O3S/c1-21-8-2-3-15(20)17-12-4-5-13-14(11-12)23-16(18-13)19-6-9-22-10-7-19/h4-5,11H,2-3,6-10H2,1H3,(H,17,20). The molecular formula is C16H21N3O3S. The number of hydrogen-bond donors (Lipinski definition) is 1. The van der Waals surface area contributed by atoms with Crippen LogP contribution in [0.1, 0.15) is 12.8 Å². The zero-order valence-electron chi connectivity index (χ0n) is 13.2. The molecular weight excluding hydrogens is 314 g/mol. The van der Waals surface area contributed by atoms with Gasteiger partial charge in [-0.2, -0.15) is 0 Å². The van der Waals surface area contributed by atoms with Gasteiger partial charge in [0.05, 0.1) is 23.4 Å². The first kappa shape index (κ1) is 16.2. The molecule has 1 fully saturated rings. The lowest BCUT2D eigenvalue weighted by Gasteiger charge is -2.25. The van der Waals surface area contributed by atoms with Crippen LogP contribution < -0.4 is 10.2 Å². The van der Waals surface area contributed by atoms with Crippen LogP contribution in [0.5, 0.6) is 0 Å². The van der Waals surface area contributed by atoms with Crippen molar-refractivity contribution in [3.63, 3.8) is 0 Å². The fraction of sp³-hybridized carbons (Fsp3) is 0.500. The van der Waals surface area contributed by atoms with Gasteiger partial charge in [0, 0.05) is 38.9 Å². The summed E-state index contributed by atoms with van der Waals surface area (Å²) in [6.45, 7) is 3.85. The van der Waals surface area contributed by atoms with Crippen molar-refractivity contribution in [3.05, 3.63) is 18.2 Å². The number of anilines is 2. The Labute approximate surface area is 139 Å². The van der Waals surface area contributed by atoms with Crippen molar-refractivity contribution in [1.29, 1.82) is 0 Å². The molecule has 0 unspecified atom stereocenters. The number of nitrogens with one attached hydrogen (secondary N) is 1. The molecule has 0 saturated carbocycles. The highest BCUT2D eigenvalue weighted by Gasteiger charge is 2.15. The molecule has 1 N–H and O–H groups in total. The molecule has 124 valence electrons. The molecule has 0 aliphatic carbocycles. The largest absolute Gasteiger partial charge is 0.385 e. The fourth-order valence-corrected chi connectivity index (χ4v) is 3.54. The number of ether oxygens (including phenoxy) is 2. The first-order valence-corrected chi connectivity index (χ1v) is 8.60. The molecule has 0 radical (unpaired) electrons. The van der Waals surface area contributed by atoms with Crippen LogP contribution in [-0.4, -0.2) is 50.9 Å². The number of fused-ring (bicyclic) bond motifs is 1. The topological polar surface area (TPSA) is 63.7 Å². The minimum atomic E-state index is 0.0133. The molecule has 1 saturated heterocycles. The highest BCUT2D eigenvalue weighted by molar-refractivity contribution is 7.22. The number of aromatic nitrogens is 1. The average molecular weight is 335 g/mol. The summed E-state index contributed by atoms with van der Waals surface area (Å²) in [6, 6.07) is 5.85. The van der Waals surface area contributed by atoms with Crippen LogP contribution in [0.4, 0.5) is 10.8 Å². The molecule has 1 aromatic heterocycles. The number of morpholine rings is 1. The molecule has 0 spiro atoms. The van der Waals surface area contributed by atoms with Gasteiger partial charge in [-0.1, -0.05) is 11.3 Å². The van der Waals surface area contributed by atoms with Crippen molar-refractivity contribution in [2.24, 2.45) is 0 Å². The van der Waals surface area contributed by atoms with Crippen LogP contribution in [0.2, 0.25) is 0 Å². The first-order valence-electron chi connectivity index (χ1n) is 7.78. The van der Waals surface area contributed by atoms with E-state index in [-0.39, 0.29) is 5.91 Å². The summed E-state index contributed by atoms with van der Waals surface area (Å²) >= 11 is 1.65. The van der Waals surface area contributed by atoms with Gasteiger partial charge in [0.25, 0.3) is 0 Å². The second-order valence-corrected chi connectivity index (χ2v) is 6.43. The molecule has 3 rings (SSSR count). The second-order valence-electron chi connectivity index (χ2n) is 5.42. The molecule has 1 amide bonds. The number of nitrogens with zero attached hydrogens (tertiary/aromatic N) is 2. The minimum absolute atomic E-state index is 0.0133. The van der Waals surface area contributed by atoms with Crippen molar-refractivity contribution in [1.82, 2.24) is 4.98 Å². The summed E-state index contributed by atoms with van der Waals surface area (Å²) in [6.07, 6.45) is 1.19. The van der Waals surface area contributed by atoms with E-state index in [0.29, 0.717) is 13.0 Å². The molecule has 0 atom stereocenters. The summed E-state index contributed by atoms with van der Waals surface area (Å²) in [5, 5.41) is 3.95. The van der Waals surface area contributed by atoms with Gasteiger partial charge in [0.1, 0.15) is 0 Å². The maximum absolute atomic E-state index is 11.9. The third-order valence-electron chi connectivity index (χ3n) is 3.69. The van der Waals surface area contributed by atoms with E-state index in [0.717, 1.165) is 53.8 Å². The number of amides is 1. The van der Waals surface area contributed by atoms with Gasteiger partial charge in [-0.15, -0.1) is 0 Å². The number of thiazole rings is 1. The zero-order valence-corrected chi connectivity index (χ0v) is 14.0. The smallest absolute Gasteiger partial charge is 0.224 e. The molecule has 7 heteroatoms. The Balaban J connectivity index is 1.67. The van der Waals surface area contributed by atoms with E-state index in [2.05, 4.69) is 15.2 Å². The van der Waals surface area contributed by atoms with E-state index < -0.39 is 0 Å². The molecule has 1 aliphatic heterocycles. The van der Waals surface area contributed by atoms with E-state index in [4.69, 9.17) is 9.47 Å². The van der Waals surface area contributed by atoms with E-state index in [1.165, 1.54) is 0 Å². The minimum Gasteiger partial charge on any atom is -0.385 e. The molecule has 0 bridgehead atoms. The Morgan fingerprint density at radius 2 is 2.26 bits per heavy atom. The summed E-state index contributed by atoms with van der Waals surface area (Å²) < 4.78 is 11.4. The van der Waals surface area contributed by atoms with Gasteiger partial charge >= 0.3 is 0 Å². The highest BCUT2D eigenvalue weighted by Crippen LogP contribution is 2.31. The fourth-order valence-electron chi connectivity index (χ4n) is 2.48. The van der Waals surface area contributed by atoms with E-state index in [1.807, 2.05) is 18.2 Å². The van der Waals surface area contributed by atoms with Crippen molar-refractivity contribution in [3.8, 4) is 0 Å². The summed E-state index contributed by atoms with van der Waals surface area (Å²) in [7, 11) is 1.64. The second kappa shape index (κ2) is 7.72. The highest BCUT2D eigenvalue weighted by atomic mass is 32.1. The Morgan fingerprint density at radius 3 is 3.04 bits per heavy atom. The van der Waals surface area contributed by atoms with Crippen molar-refractivity contribution in [2.45, 2.75) is 12.8 Å². The Hall–Kier alpha value is -1.70. The Bertz CT molecular complexity index is 668. The lowest BCUT2D eigenvalue weighted by atomic mass is 10.2. The average Bonchev–Trinajstić information content (AvgIpc) is 2.99. The SMILES string of the molecule is COCCCC(=O)Nc1ccc2nc(N3CCOCC3)sc2c1. The Morgan fingerprint density at radius 1 is 1.43 bits per heavy atom. The third-order valence-corrected chi connectivity index (χ3v) is 4.77. The van der Waals surface area contributed by atoms with Gasteiger partial charge in [0.2, 0.25) is 5.91 Å². The van der Waals surface area contributed by atoms with Crippen LogP contribution in [0, 0.1) is 0 Å². The van der Waals surface area contributed by atoms with Crippen LogP contribution in [0.15, 0.2) is 18.2 Å². The number of rotatable bonds is 6. The summed E-state index contributed by atoms with van der Waals surface area (Å²) in [5.41, 5.74) is 1.78. The zero-order chi connectivity index (χ0) is 16.1. The van der Waals surface area contributed by atoms with E-state index in [9.17, 15) is 4.79 Å². The number of hydrogen-bond acceptors (Lipinski definition) is 6. The van der Waals surface area contributed by atoms with Crippen LogP contribution in [0.25, 0.3) is 10.2 Å². The van der Waals surface area contributed by atoms with Crippen molar-refractivity contribution < 1.29 is 14.3 Å². The van der Waals surface area contributed by atoms with E-state index >= 15 is 0 Å². The van der Waals surface area contributed by atoms with Crippen LogP contribution in [-0.2, 0) is 14.3 Å². The summed E-state index contributed by atoms with van der Waals surface area (Å²) in [5.74, 6) is 0.0133. The van der Waals surface area contributed by atoms with Crippen molar-refractivity contribution in [2.75, 3.05) is 50.2 Å². The van der Waals surface area contributed by atoms with Crippen LogP contribution in [0.3, 0.4) is 0 Å². The molecule has 1 aliphatic rings. The van der Waals surface area contributed by atoms with Gasteiger partial charge in [-0.05, 0) is 24.6 Å². The number of benzene rings is 1. The number of methoxy groups -OCH3 is 1. The molecule has 6 nitrogen and oxygen atoms in total. The van der Waals surface area contributed by atoms with Crippen molar-refractivity contribution >= 4 is 38.3 Å². The molecule has 23 heavy (non-hydrogen) atoms. The molecule has 1 aromatic carbocycles. The normalized spacial score (nSPS) is 15.1. The third kappa shape index (κ3) is 4.19. The number of carbonyl (C=O) groups excluding carboxylic acids is 1. The van der Waals surface area contributed by atoms with Gasteiger partial charge in [0.15, 0.2) is 5.13 Å². The monoisotopic (exact) mass is 335 g/mol. The predicted octanol–water partition coefficient (Wildman–Crippen LogP) is 2.50. The lowest BCUT2D eigenvalue weighted by Crippen LogP contribution is -2.36. The molecule has 2 heterocycles. The van der Waals surface area contributed by atoms with Crippen LogP contribution >= 0.6 is 11.3 Å².